The molecule has 0 aromatic heterocycles. The Morgan fingerprint density at radius 2 is 2.36 bits per heavy atom. The van der Waals surface area contributed by atoms with Gasteiger partial charge in [0.1, 0.15) is 5.71 Å². The first-order valence-electron chi connectivity index (χ1n) is 4.69. The lowest BCUT2D eigenvalue weighted by Crippen LogP contribution is -2.35. The van der Waals surface area contributed by atoms with E-state index in [9.17, 15) is 0 Å². The molecule has 0 aromatic carbocycles. The molecule has 1 fully saturated rings. The molecule has 0 saturated heterocycles. The molecule has 2 heterocycles. The van der Waals surface area contributed by atoms with Crippen LogP contribution in [0.25, 0.3) is 5.84 Å². The van der Waals surface area contributed by atoms with E-state index in [1.165, 1.54) is 44.2 Å². The number of hydrogen-bond donors (Lipinski definition) is 0. The van der Waals surface area contributed by atoms with E-state index in [4.69, 9.17) is 5.84 Å². The summed E-state index contributed by atoms with van der Waals surface area (Å²) < 4.78 is 1.88. The van der Waals surface area contributed by atoms with Crippen LogP contribution in [0.2, 0.25) is 0 Å². The van der Waals surface area contributed by atoms with Crippen LogP contribution in [0.5, 0.6) is 0 Å². The van der Waals surface area contributed by atoms with Crippen molar-refractivity contribution in [2.24, 2.45) is 5.92 Å². The van der Waals surface area contributed by atoms with Gasteiger partial charge in [0.25, 0.3) is 0 Å². The van der Waals surface area contributed by atoms with Crippen molar-refractivity contribution in [2.45, 2.75) is 44.1 Å². The van der Waals surface area contributed by atoms with E-state index in [1.54, 1.807) is 0 Å². The Morgan fingerprint density at radius 3 is 3.09 bits per heavy atom. The molecule has 2 atom stereocenters. The molecule has 2 bridgehead atoms. The van der Waals surface area contributed by atoms with Crippen LogP contribution in [0.15, 0.2) is 0 Å². The maximum atomic E-state index is 7.92. The molecule has 11 heavy (non-hydrogen) atoms. The number of nitrogens with one attached hydrogen (secondary N) is 1. The van der Waals surface area contributed by atoms with E-state index >= 15 is 0 Å². The maximum Gasteiger partial charge on any atom is 0.160 e. The molecule has 1 N–H and O–H groups in total. The van der Waals surface area contributed by atoms with Gasteiger partial charge in [-0.1, -0.05) is 0 Å². The van der Waals surface area contributed by atoms with E-state index in [0.717, 1.165) is 5.92 Å². The summed E-state index contributed by atoms with van der Waals surface area (Å²) in [5.41, 5.74) is 1.77. The minimum atomic E-state index is 0.343. The molecule has 60 valence electrons. The summed E-state index contributed by atoms with van der Waals surface area (Å²) >= 11 is 0. The smallest absolute Gasteiger partial charge is 0.160 e. The first-order valence-corrected chi connectivity index (χ1v) is 4.69. The average Bonchev–Trinajstić information content (AvgIpc) is 2.61. The topological polar surface area (TPSA) is 26.8 Å². The first kappa shape index (κ1) is 6.04. The third-order valence-corrected chi connectivity index (χ3v) is 4.01. The summed E-state index contributed by atoms with van der Waals surface area (Å²) in [6.45, 7) is 0. The van der Waals surface area contributed by atoms with E-state index < -0.39 is 0 Å². The van der Waals surface area contributed by atoms with Gasteiger partial charge in [0.15, 0.2) is 5.54 Å². The molecule has 2 aliphatic heterocycles. The molecule has 2 heteroatoms. The minimum Gasteiger partial charge on any atom is -0.454 e. The van der Waals surface area contributed by atoms with Crippen LogP contribution < -0.4 is 0 Å². The van der Waals surface area contributed by atoms with Crippen LogP contribution in [0.1, 0.15) is 38.5 Å². The summed E-state index contributed by atoms with van der Waals surface area (Å²) in [6, 6.07) is 0. The average molecular weight is 150 g/mol. The van der Waals surface area contributed by atoms with Gasteiger partial charge in [-0.3, -0.25) is 4.68 Å². The van der Waals surface area contributed by atoms with Crippen molar-refractivity contribution in [3.8, 4) is 0 Å². The van der Waals surface area contributed by atoms with Gasteiger partial charge in [-0.15, -0.1) is 0 Å². The van der Waals surface area contributed by atoms with Crippen LogP contribution in [-0.4, -0.2) is 15.9 Å². The fourth-order valence-electron chi connectivity index (χ4n) is 3.42. The van der Waals surface area contributed by atoms with Crippen LogP contribution in [0.3, 0.4) is 0 Å². The van der Waals surface area contributed by atoms with Gasteiger partial charge in [0, 0.05) is 31.6 Å². The van der Waals surface area contributed by atoms with Crippen molar-refractivity contribution >= 4 is 5.71 Å². The number of nitrogens with zero attached hydrogens (tertiary/aromatic N) is 1. The van der Waals surface area contributed by atoms with Crippen LogP contribution in [0, 0.1) is 5.92 Å². The van der Waals surface area contributed by atoms with E-state index in [-0.39, 0.29) is 0 Å². The number of hydrogen-bond acceptors (Lipinski definition) is 0. The molecular formula is C9H14N2. The largest absolute Gasteiger partial charge is 0.454 e. The Hall–Kier alpha value is -0.530. The first-order chi connectivity index (χ1) is 5.33. The lowest BCUT2D eigenvalue weighted by molar-refractivity contribution is -0.538. The molecule has 0 amide bonds. The lowest BCUT2D eigenvalue weighted by atomic mass is 9.79. The zero-order valence-corrected chi connectivity index (χ0v) is 6.77. The highest BCUT2D eigenvalue weighted by atomic mass is 15.4. The molecule has 3 aliphatic rings. The van der Waals surface area contributed by atoms with Crippen molar-refractivity contribution in [2.75, 3.05) is 0 Å². The maximum absolute atomic E-state index is 7.92. The third-order valence-electron chi connectivity index (χ3n) is 4.01. The minimum absolute atomic E-state index is 0.343. The number of rotatable bonds is 0. The quantitative estimate of drug-likeness (QED) is 0.473. The molecule has 2 nitrogen and oxygen atoms in total. The Morgan fingerprint density at radius 1 is 1.45 bits per heavy atom. The van der Waals surface area contributed by atoms with Gasteiger partial charge in [0.05, 0.1) is 0 Å². The fraction of sp³-hybridized carbons (Fsp3) is 0.889. The highest BCUT2D eigenvalue weighted by Gasteiger charge is 2.58. The van der Waals surface area contributed by atoms with E-state index in [0.29, 0.717) is 5.54 Å². The van der Waals surface area contributed by atoms with E-state index in [2.05, 4.69) is 0 Å². The molecule has 3 rings (SSSR count). The fourth-order valence-corrected chi connectivity index (χ4v) is 3.42. The normalized spacial score (nSPS) is 47.1. The van der Waals surface area contributed by atoms with Crippen LogP contribution in [-0.2, 0) is 0 Å². The monoisotopic (exact) mass is 150 g/mol. The van der Waals surface area contributed by atoms with Crippen molar-refractivity contribution in [3.05, 3.63) is 5.84 Å². The molecule has 1 saturated carbocycles. The molecule has 0 radical (unpaired) electrons. The summed E-state index contributed by atoms with van der Waals surface area (Å²) in [5, 5.41) is 0. The van der Waals surface area contributed by atoms with E-state index in [1.807, 2.05) is 4.68 Å². The standard InChI is InChI=1S/C9H14N2/c10-11-8-3-5-9(11)4-1-2-7(9)6-8/h7,10H,1-6H2. The van der Waals surface area contributed by atoms with Gasteiger partial charge in [0.2, 0.25) is 0 Å². The summed E-state index contributed by atoms with van der Waals surface area (Å²) in [4.78, 5) is 0. The molecule has 0 aromatic rings. The lowest BCUT2D eigenvalue weighted by Gasteiger charge is -2.25. The van der Waals surface area contributed by atoms with Gasteiger partial charge >= 0.3 is 0 Å². The van der Waals surface area contributed by atoms with Gasteiger partial charge in [-0.25, -0.2) is 0 Å². The second-order valence-electron chi connectivity index (χ2n) is 4.30. The van der Waals surface area contributed by atoms with Crippen molar-refractivity contribution < 1.29 is 4.68 Å². The van der Waals surface area contributed by atoms with Gasteiger partial charge in [-0.2, -0.15) is 0 Å². The van der Waals surface area contributed by atoms with Crippen LogP contribution >= 0.6 is 0 Å². The zero-order valence-electron chi connectivity index (χ0n) is 6.77. The Kier molecular flexibility index (Phi) is 0.890. The summed E-state index contributed by atoms with van der Waals surface area (Å²) in [5.74, 6) is 8.79. The molecule has 1 spiro atoms. The van der Waals surface area contributed by atoms with Gasteiger partial charge in [-0.05, 0) is 12.8 Å². The Balaban J connectivity index is 2.11. The zero-order chi connectivity index (χ0) is 7.47. The molecule has 1 aliphatic carbocycles. The third kappa shape index (κ3) is 0.501. The van der Waals surface area contributed by atoms with Crippen LogP contribution in [0.4, 0.5) is 0 Å². The molecule has 2 unspecified atom stereocenters. The Bertz CT molecular complexity index is 244. The predicted molar refractivity (Wildman–Crippen MR) is 43.5 cm³/mol. The predicted octanol–water partition coefficient (Wildman–Crippen LogP) is 2.14. The van der Waals surface area contributed by atoms with Crippen molar-refractivity contribution in [1.82, 2.24) is 0 Å². The summed E-state index contributed by atoms with van der Waals surface area (Å²) in [6.07, 6.45) is 7.82. The summed E-state index contributed by atoms with van der Waals surface area (Å²) in [7, 11) is 0. The second kappa shape index (κ2) is 1.62. The Labute approximate surface area is 67.1 Å². The van der Waals surface area contributed by atoms with Crippen molar-refractivity contribution in [3.63, 3.8) is 0 Å². The van der Waals surface area contributed by atoms with Crippen molar-refractivity contribution in [1.29, 1.82) is 0 Å². The highest BCUT2D eigenvalue weighted by molar-refractivity contribution is 5.83. The SMILES string of the molecule is [NH-][N+]1=C2CCC13CCCC3C2. The second-order valence-corrected chi connectivity index (χ2v) is 4.30. The van der Waals surface area contributed by atoms with Gasteiger partial charge < -0.3 is 5.84 Å². The molecular weight excluding hydrogens is 136 g/mol. The highest BCUT2D eigenvalue weighted by Crippen LogP contribution is 2.52.